The molecule has 1 aliphatic carbocycles. The van der Waals surface area contributed by atoms with Gasteiger partial charge in [-0.1, -0.05) is 22.4 Å². The molecule has 4 aromatic rings. The van der Waals surface area contributed by atoms with E-state index in [0.29, 0.717) is 28.5 Å². The fourth-order valence-corrected chi connectivity index (χ4v) is 2.92. The minimum absolute atomic E-state index is 0.0314. The number of nitrogens with zero attached hydrogens (tertiary/aromatic N) is 4. The molecule has 1 aromatic carbocycles. The van der Waals surface area contributed by atoms with Crippen LogP contribution in [0.1, 0.15) is 30.4 Å². The predicted molar refractivity (Wildman–Crippen MR) is 94.1 cm³/mol. The molecule has 0 bridgehead atoms. The molecule has 28 heavy (non-hydrogen) atoms. The maximum atomic E-state index is 12.2. The maximum Gasteiger partial charge on any atom is 0.420 e. The average Bonchev–Trinajstić information content (AvgIpc) is 3.12. The normalized spacial score (nSPS) is 13.9. The molecular weight excluding hydrogens is 366 g/mol. The SMILES string of the molecule is O=C(Cn1c(=O)oc2ccccc21)NCc1nc(-c2cc(C3CC3)on2)no1. The Morgan fingerprint density at radius 2 is 2.07 bits per heavy atom. The second kappa shape index (κ2) is 6.48. The van der Waals surface area contributed by atoms with Gasteiger partial charge < -0.3 is 18.8 Å². The van der Waals surface area contributed by atoms with Gasteiger partial charge in [-0.05, 0) is 25.0 Å². The van der Waals surface area contributed by atoms with Gasteiger partial charge >= 0.3 is 5.76 Å². The molecule has 5 rings (SSSR count). The van der Waals surface area contributed by atoms with Gasteiger partial charge in [-0.25, -0.2) is 4.79 Å². The van der Waals surface area contributed by atoms with Crippen molar-refractivity contribution in [3.05, 3.63) is 52.5 Å². The topological polar surface area (TPSA) is 129 Å². The molecule has 10 nitrogen and oxygen atoms in total. The number of fused-ring (bicyclic) bond motifs is 1. The van der Waals surface area contributed by atoms with Crippen molar-refractivity contribution in [1.82, 2.24) is 25.2 Å². The summed E-state index contributed by atoms with van der Waals surface area (Å²) in [4.78, 5) is 28.3. The zero-order chi connectivity index (χ0) is 19.1. The van der Waals surface area contributed by atoms with Gasteiger partial charge in [0.05, 0.1) is 12.1 Å². The van der Waals surface area contributed by atoms with Crippen LogP contribution in [0.3, 0.4) is 0 Å². The highest BCUT2D eigenvalue weighted by atomic mass is 16.5. The van der Waals surface area contributed by atoms with Crippen molar-refractivity contribution in [2.45, 2.75) is 31.8 Å². The Bertz CT molecular complexity index is 1210. The quantitative estimate of drug-likeness (QED) is 0.535. The second-order valence-electron chi connectivity index (χ2n) is 6.60. The molecule has 1 amide bonds. The number of nitrogens with one attached hydrogen (secondary N) is 1. The highest BCUT2D eigenvalue weighted by molar-refractivity contribution is 5.79. The molecule has 1 saturated carbocycles. The van der Waals surface area contributed by atoms with Crippen LogP contribution in [0, 0.1) is 0 Å². The molecule has 0 spiro atoms. The monoisotopic (exact) mass is 381 g/mol. The first-order chi connectivity index (χ1) is 13.7. The summed E-state index contributed by atoms with van der Waals surface area (Å²) in [6, 6.07) is 8.71. The molecule has 1 N–H and O–H groups in total. The summed E-state index contributed by atoms with van der Waals surface area (Å²) in [7, 11) is 0. The lowest BCUT2D eigenvalue weighted by Crippen LogP contribution is -2.30. The van der Waals surface area contributed by atoms with Crippen LogP contribution in [0.5, 0.6) is 0 Å². The van der Waals surface area contributed by atoms with Gasteiger partial charge in [-0.3, -0.25) is 9.36 Å². The first kappa shape index (κ1) is 16.5. The molecule has 10 heteroatoms. The van der Waals surface area contributed by atoms with E-state index in [1.807, 2.05) is 0 Å². The van der Waals surface area contributed by atoms with Crippen LogP contribution in [0.25, 0.3) is 22.6 Å². The average molecular weight is 381 g/mol. The third kappa shape index (κ3) is 3.08. The van der Waals surface area contributed by atoms with Gasteiger partial charge in [0, 0.05) is 12.0 Å². The Kier molecular flexibility index (Phi) is 3.81. The lowest BCUT2D eigenvalue weighted by molar-refractivity contribution is -0.122. The summed E-state index contributed by atoms with van der Waals surface area (Å²) in [5.74, 6) is 0.821. The molecule has 0 radical (unpaired) electrons. The van der Waals surface area contributed by atoms with Gasteiger partial charge in [0.1, 0.15) is 12.3 Å². The number of aromatic nitrogens is 4. The van der Waals surface area contributed by atoms with Crippen molar-refractivity contribution in [1.29, 1.82) is 0 Å². The maximum absolute atomic E-state index is 12.2. The van der Waals surface area contributed by atoms with Crippen molar-refractivity contribution in [2.24, 2.45) is 0 Å². The second-order valence-corrected chi connectivity index (χ2v) is 6.60. The van der Waals surface area contributed by atoms with Crippen molar-refractivity contribution < 1.29 is 18.3 Å². The number of carbonyl (C=O) groups excluding carboxylic acids is 1. The smallest absolute Gasteiger partial charge is 0.408 e. The van der Waals surface area contributed by atoms with Crippen molar-refractivity contribution in [3.8, 4) is 11.5 Å². The van der Waals surface area contributed by atoms with Gasteiger partial charge in [0.2, 0.25) is 17.6 Å². The molecule has 0 saturated heterocycles. The van der Waals surface area contributed by atoms with Crippen LogP contribution >= 0.6 is 0 Å². The molecule has 0 aliphatic heterocycles. The van der Waals surface area contributed by atoms with Gasteiger partial charge in [0.15, 0.2) is 11.3 Å². The van der Waals surface area contributed by atoms with Crippen LogP contribution in [0.2, 0.25) is 0 Å². The number of benzene rings is 1. The lowest BCUT2D eigenvalue weighted by Gasteiger charge is -2.03. The van der Waals surface area contributed by atoms with E-state index in [1.165, 1.54) is 4.57 Å². The van der Waals surface area contributed by atoms with E-state index in [4.69, 9.17) is 13.5 Å². The summed E-state index contributed by atoms with van der Waals surface area (Å²) in [5, 5.41) is 10.5. The van der Waals surface area contributed by atoms with Gasteiger partial charge in [-0.15, -0.1) is 0 Å². The number of hydrogen-bond donors (Lipinski definition) is 1. The molecule has 3 aromatic heterocycles. The largest absolute Gasteiger partial charge is 0.420 e. The summed E-state index contributed by atoms with van der Waals surface area (Å²) >= 11 is 0. The molecule has 1 aliphatic rings. The first-order valence-electron chi connectivity index (χ1n) is 8.82. The summed E-state index contributed by atoms with van der Waals surface area (Å²) < 4.78 is 16.8. The van der Waals surface area contributed by atoms with E-state index in [1.54, 1.807) is 30.3 Å². The lowest BCUT2D eigenvalue weighted by atomic mass is 10.3. The molecule has 0 unspecified atom stereocenters. The number of hydrogen-bond acceptors (Lipinski definition) is 8. The standard InChI is InChI=1S/C18H15N5O5/c24-15(9-23-12-3-1-2-4-13(12)26-18(23)25)19-8-16-20-17(22-28-16)11-7-14(27-21-11)10-5-6-10/h1-4,7,10H,5-6,8-9H2,(H,19,24). The van der Waals surface area contributed by atoms with Crippen LogP contribution in [-0.4, -0.2) is 25.8 Å². The number of oxazole rings is 1. The highest BCUT2D eigenvalue weighted by Gasteiger charge is 2.28. The summed E-state index contributed by atoms with van der Waals surface area (Å²) in [5.41, 5.74) is 1.49. The van der Waals surface area contributed by atoms with Crippen LogP contribution in [0.4, 0.5) is 0 Å². The Labute approximate surface area is 157 Å². The van der Waals surface area contributed by atoms with Crippen molar-refractivity contribution in [2.75, 3.05) is 0 Å². The third-order valence-corrected chi connectivity index (χ3v) is 4.52. The van der Waals surface area contributed by atoms with Crippen LogP contribution < -0.4 is 11.1 Å². The molecule has 1 fully saturated rings. The number of para-hydroxylation sites is 2. The molecule has 142 valence electrons. The third-order valence-electron chi connectivity index (χ3n) is 4.52. The fourth-order valence-electron chi connectivity index (χ4n) is 2.92. The van der Waals surface area contributed by atoms with Crippen molar-refractivity contribution in [3.63, 3.8) is 0 Å². The Morgan fingerprint density at radius 3 is 2.93 bits per heavy atom. The Hall–Kier alpha value is -3.69. The minimum Gasteiger partial charge on any atom is -0.408 e. The highest BCUT2D eigenvalue weighted by Crippen LogP contribution is 2.40. The number of rotatable bonds is 6. The zero-order valence-corrected chi connectivity index (χ0v) is 14.6. The summed E-state index contributed by atoms with van der Waals surface area (Å²) in [6.45, 7) is -0.144. The zero-order valence-electron chi connectivity index (χ0n) is 14.6. The predicted octanol–water partition coefficient (Wildman–Crippen LogP) is 1.83. The van der Waals surface area contributed by atoms with E-state index in [2.05, 4.69) is 20.6 Å². The molecular formula is C18H15N5O5. The minimum atomic E-state index is -0.589. The Balaban J connectivity index is 1.23. The van der Waals surface area contributed by atoms with Crippen LogP contribution in [0.15, 0.2) is 48.6 Å². The van der Waals surface area contributed by atoms with Crippen LogP contribution in [-0.2, 0) is 17.9 Å². The molecule has 0 atom stereocenters. The summed E-state index contributed by atoms with van der Waals surface area (Å²) in [6.07, 6.45) is 2.21. The van der Waals surface area contributed by atoms with Gasteiger partial charge in [-0.2, -0.15) is 4.98 Å². The van der Waals surface area contributed by atoms with E-state index in [-0.39, 0.29) is 24.9 Å². The Morgan fingerprint density at radius 1 is 1.21 bits per heavy atom. The van der Waals surface area contributed by atoms with Crippen molar-refractivity contribution >= 4 is 17.0 Å². The van der Waals surface area contributed by atoms with E-state index >= 15 is 0 Å². The number of amides is 1. The van der Waals surface area contributed by atoms with E-state index < -0.39 is 5.76 Å². The number of carbonyl (C=O) groups is 1. The van der Waals surface area contributed by atoms with E-state index in [9.17, 15) is 9.59 Å². The first-order valence-corrected chi connectivity index (χ1v) is 8.82. The van der Waals surface area contributed by atoms with Gasteiger partial charge in [0.25, 0.3) is 0 Å². The molecule has 3 heterocycles. The van der Waals surface area contributed by atoms with E-state index in [0.717, 1.165) is 18.6 Å². The fraction of sp³-hybridized carbons (Fsp3) is 0.278.